The molecule has 7 nitrogen and oxygen atoms in total. The van der Waals surface area contributed by atoms with E-state index in [1.165, 1.54) is 4.31 Å². The Morgan fingerprint density at radius 3 is 2.08 bits per heavy atom. The Labute approximate surface area is 243 Å². The highest BCUT2D eigenvalue weighted by Crippen LogP contribution is 2.20. The summed E-state index contributed by atoms with van der Waals surface area (Å²) < 4.78 is 26.3. The lowest BCUT2D eigenvalue weighted by atomic mass is 10.0. The number of anilines is 1. The summed E-state index contributed by atoms with van der Waals surface area (Å²) in [7, 11) is -3.54. The minimum atomic E-state index is -3.54. The molecule has 0 aliphatic rings. The number of nitrogens with one attached hydrogen (secondary N) is 1. The van der Waals surface area contributed by atoms with Gasteiger partial charge in [-0.05, 0) is 55.2 Å². The third-order valence-electron chi connectivity index (χ3n) is 6.73. The van der Waals surface area contributed by atoms with Gasteiger partial charge in [-0.25, -0.2) is 8.42 Å². The van der Waals surface area contributed by atoms with E-state index in [1.54, 1.807) is 41.3 Å². The van der Waals surface area contributed by atoms with Gasteiger partial charge in [0.25, 0.3) is 0 Å². The predicted octanol–water partition coefficient (Wildman–Crippen LogP) is 5.44. The molecular weight excluding hydrogens is 546 g/mol. The normalized spacial score (nSPS) is 12.8. The maximum Gasteiger partial charge on any atom is 0.243 e. The molecule has 1 N–H and O–H groups in total. The van der Waals surface area contributed by atoms with E-state index in [4.69, 9.17) is 11.6 Å². The van der Waals surface area contributed by atoms with E-state index in [-0.39, 0.29) is 37.4 Å². The van der Waals surface area contributed by atoms with Crippen molar-refractivity contribution in [2.24, 2.45) is 0 Å². The van der Waals surface area contributed by atoms with E-state index in [9.17, 15) is 18.0 Å². The third kappa shape index (κ3) is 9.38. The number of rotatable bonds is 14. The molecule has 0 fully saturated rings. The molecule has 214 valence electrons. The van der Waals surface area contributed by atoms with Gasteiger partial charge < -0.3 is 10.2 Å². The lowest BCUT2D eigenvalue weighted by Gasteiger charge is -2.32. The number of amides is 2. The van der Waals surface area contributed by atoms with Gasteiger partial charge in [-0.15, -0.1) is 0 Å². The molecule has 0 saturated carbocycles. The van der Waals surface area contributed by atoms with Crippen LogP contribution in [0.2, 0.25) is 5.02 Å². The number of hydrogen-bond donors (Lipinski definition) is 1. The van der Waals surface area contributed by atoms with Crippen LogP contribution < -0.4 is 9.62 Å². The van der Waals surface area contributed by atoms with Crippen LogP contribution in [0.1, 0.15) is 44.2 Å². The largest absolute Gasteiger partial charge is 0.352 e. The molecule has 0 spiro atoms. The number of sulfonamides is 1. The van der Waals surface area contributed by atoms with Crippen LogP contribution in [0.4, 0.5) is 5.69 Å². The standard InChI is InChI=1S/C31H38ClN3O4S/c1-4-24(2)33-31(37)29(22-25-12-7-5-8-13-25)34(23-26-17-19-27(32)20-18-26)30(36)16-11-21-35(40(3,38)39)28-14-9-6-10-15-28/h5-10,12-15,17-20,24,29H,4,11,16,21-23H2,1-3H3,(H,33,37)/t24-,29-/m0/s1. The SMILES string of the molecule is CC[C@H](C)NC(=O)[C@H](Cc1ccccc1)N(Cc1ccc(Cl)cc1)C(=O)CCCN(c1ccccc1)S(C)(=O)=O. The van der Waals surface area contributed by atoms with Crippen molar-refractivity contribution in [3.8, 4) is 0 Å². The lowest BCUT2D eigenvalue weighted by Crippen LogP contribution is -2.52. The first-order valence-electron chi connectivity index (χ1n) is 13.5. The van der Waals surface area contributed by atoms with Gasteiger partial charge >= 0.3 is 0 Å². The number of hydrogen-bond acceptors (Lipinski definition) is 4. The van der Waals surface area contributed by atoms with Gasteiger partial charge in [-0.2, -0.15) is 0 Å². The van der Waals surface area contributed by atoms with Crippen LogP contribution >= 0.6 is 11.6 Å². The smallest absolute Gasteiger partial charge is 0.243 e. The Morgan fingerprint density at radius 1 is 0.900 bits per heavy atom. The van der Waals surface area contributed by atoms with Crippen molar-refractivity contribution in [2.75, 3.05) is 17.1 Å². The summed E-state index contributed by atoms with van der Waals surface area (Å²) >= 11 is 6.09. The van der Waals surface area contributed by atoms with Crippen LogP contribution in [0.3, 0.4) is 0 Å². The molecule has 0 aliphatic carbocycles. The fourth-order valence-electron chi connectivity index (χ4n) is 4.38. The summed E-state index contributed by atoms with van der Waals surface area (Å²) in [6.07, 6.45) is 2.64. The monoisotopic (exact) mass is 583 g/mol. The number of carbonyl (C=O) groups excluding carboxylic acids is 2. The molecule has 0 aliphatic heterocycles. The second kappa shape index (κ2) is 14.9. The highest BCUT2D eigenvalue weighted by Gasteiger charge is 2.31. The highest BCUT2D eigenvalue weighted by molar-refractivity contribution is 7.92. The Hall–Kier alpha value is -3.36. The Kier molecular flexibility index (Phi) is 11.6. The van der Waals surface area contributed by atoms with Crippen molar-refractivity contribution in [2.45, 2.75) is 58.2 Å². The molecule has 3 aromatic rings. The summed E-state index contributed by atoms with van der Waals surface area (Å²) in [6, 6.07) is 24.8. The van der Waals surface area contributed by atoms with E-state index < -0.39 is 16.1 Å². The van der Waals surface area contributed by atoms with Crippen LogP contribution in [0.15, 0.2) is 84.9 Å². The first-order valence-corrected chi connectivity index (χ1v) is 15.7. The van der Waals surface area contributed by atoms with Gasteiger partial charge in [0.15, 0.2) is 0 Å². The van der Waals surface area contributed by atoms with Gasteiger partial charge in [0.05, 0.1) is 11.9 Å². The quantitative estimate of drug-likeness (QED) is 0.274. The van der Waals surface area contributed by atoms with Crippen LogP contribution in [0, 0.1) is 0 Å². The average molecular weight is 584 g/mol. The van der Waals surface area contributed by atoms with E-state index in [0.717, 1.165) is 23.8 Å². The number of para-hydroxylation sites is 1. The minimum Gasteiger partial charge on any atom is -0.352 e. The molecule has 2 amide bonds. The van der Waals surface area contributed by atoms with Gasteiger partial charge in [-0.1, -0.05) is 79.2 Å². The van der Waals surface area contributed by atoms with E-state index in [0.29, 0.717) is 23.6 Å². The lowest BCUT2D eigenvalue weighted by molar-refractivity contribution is -0.141. The van der Waals surface area contributed by atoms with Crippen molar-refractivity contribution in [1.29, 1.82) is 0 Å². The van der Waals surface area contributed by atoms with Crippen molar-refractivity contribution in [1.82, 2.24) is 10.2 Å². The van der Waals surface area contributed by atoms with Gasteiger partial charge in [0, 0.05) is 37.0 Å². The van der Waals surface area contributed by atoms with Gasteiger partial charge in [0.2, 0.25) is 21.8 Å². The summed E-state index contributed by atoms with van der Waals surface area (Å²) in [5.74, 6) is -0.445. The van der Waals surface area contributed by atoms with Crippen molar-refractivity contribution in [3.05, 3.63) is 101 Å². The van der Waals surface area contributed by atoms with Crippen molar-refractivity contribution < 1.29 is 18.0 Å². The predicted molar refractivity (Wildman–Crippen MR) is 162 cm³/mol. The number of halogens is 1. The van der Waals surface area contributed by atoms with Gasteiger partial charge in [0.1, 0.15) is 6.04 Å². The van der Waals surface area contributed by atoms with Crippen LogP contribution in [-0.2, 0) is 32.6 Å². The summed E-state index contributed by atoms with van der Waals surface area (Å²) in [4.78, 5) is 29.0. The van der Waals surface area contributed by atoms with Crippen molar-refractivity contribution >= 4 is 39.1 Å². The topological polar surface area (TPSA) is 86.8 Å². The Morgan fingerprint density at radius 2 is 1.50 bits per heavy atom. The van der Waals surface area contributed by atoms with E-state index in [2.05, 4.69) is 5.32 Å². The molecule has 2 atom stereocenters. The minimum absolute atomic E-state index is 0.0487. The maximum atomic E-state index is 13.8. The second-order valence-corrected chi connectivity index (χ2v) is 12.3. The summed E-state index contributed by atoms with van der Waals surface area (Å²) in [6.45, 7) is 4.29. The van der Waals surface area contributed by atoms with Crippen LogP contribution in [0.5, 0.6) is 0 Å². The molecule has 0 bridgehead atoms. The molecule has 3 rings (SSSR count). The fourth-order valence-corrected chi connectivity index (χ4v) is 5.47. The Bertz CT molecular complexity index is 1340. The Balaban J connectivity index is 1.88. The summed E-state index contributed by atoms with van der Waals surface area (Å²) in [5, 5.41) is 3.64. The molecule has 0 saturated heterocycles. The van der Waals surface area contributed by atoms with Crippen molar-refractivity contribution in [3.63, 3.8) is 0 Å². The maximum absolute atomic E-state index is 13.8. The second-order valence-electron chi connectivity index (χ2n) is 9.95. The first kappa shape index (κ1) is 31.2. The molecule has 0 heterocycles. The third-order valence-corrected chi connectivity index (χ3v) is 8.18. The molecule has 0 radical (unpaired) electrons. The number of benzene rings is 3. The average Bonchev–Trinajstić information content (AvgIpc) is 2.94. The zero-order valence-corrected chi connectivity index (χ0v) is 24.9. The van der Waals surface area contributed by atoms with E-state index in [1.807, 2.05) is 62.4 Å². The van der Waals surface area contributed by atoms with E-state index >= 15 is 0 Å². The summed E-state index contributed by atoms with van der Waals surface area (Å²) in [5.41, 5.74) is 2.33. The highest BCUT2D eigenvalue weighted by atomic mass is 35.5. The fraction of sp³-hybridized carbons (Fsp3) is 0.355. The molecular formula is C31H38ClN3O4S. The van der Waals surface area contributed by atoms with Gasteiger partial charge in [-0.3, -0.25) is 13.9 Å². The zero-order chi connectivity index (χ0) is 29.1. The molecule has 0 aromatic heterocycles. The first-order chi connectivity index (χ1) is 19.1. The number of nitrogens with zero attached hydrogens (tertiary/aromatic N) is 2. The number of carbonyl (C=O) groups is 2. The zero-order valence-electron chi connectivity index (χ0n) is 23.3. The molecule has 3 aromatic carbocycles. The molecule has 40 heavy (non-hydrogen) atoms. The van der Waals surface area contributed by atoms with Crippen LogP contribution in [-0.4, -0.2) is 50.0 Å². The molecule has 9 heteroatoms. The van der Waals surface area contributed by atoms with Crippen LogP contribution in [0.25, 0.3) is 0 Å². The molecule has 0 unspecified atom stereocenters.